The van der Waals surface area contributed by atoms with Crippen LogP contribution in [-0.2, 0) is 4.84 Å². The van der Waals surface area contributed by atoms with Gasteiger partial charge in [-0.3, -0.25) is 4.84 Å². The van der Waals surface area contributed by atoms with Crippen LogP contribution in [0.15, 0.2) is 12.1 Å². The zero-order valence-electron chi connectivity index (χ0n) is 9.98. The van der Waals surface area contributed by atoms with E-state index >= 15 is 0 Å². The molecule has 4 heteroatoms. The fourth-order valence-corrected chi connectivity index (χ4v) is 0.621. The SMILES string of the molecule is BC(=C)CCNOC(C)(C)C(C)(C)O. The minimum atomic E-state index is -0.872. The van der Waals surface area contributed by atoms with Gasteiger partial charge in [0.05, 0.1) is 5.60 Å². The molecule has 0 heterocycles. The molecule has 0 aromatic carbocycles. The average molecular weight is 199 g/mol. The fraction of sp³-hybridized carbons (Fsp3) is 0.800. The van der Waals surface area contributed by atoms with E-state index in [-0.39, 0.29) is 0 Å². The Morgan fingerprint density at radius 3 is 2.29 bits per heavy atom. The van der Waals surface area contributed by atoms with Crippen molar-refractivity contribution < 1.29 is 9.94 Å². The van der Waals surface area contributed by atoms with Gasteiger partial charge in [-0.2, -0.15) is 0 Å². The lowest BCUT2D eigenvalue weighted by molar-refractivity contribution is -0.182. The number of nitrogens with one attached hydrogen (secondary N) is 1. The van der Waals surface area contributed by atoms with Gasteiger partial charge in [0.25, 0.3) is 0 Å². The van der Waals surface area contributed by atoms with Crippen molar-refractivity contribution in [1.82, 2.24) is 5.48 Å². The highest BCUT2D eigenvalue weighted by molar-refractivity contribution is 6.21. The van der Waals surface area contributed by atoms with Crippen molar-refractivity contribution in [2.24, 2.45) is 0 Å². The molecular weight excluding hydrogens is 177 g/mol. The predicted molar refractivity (Wildman–Crippen MR) is 61.8 cm³/mol. The van der Waals surface area contributed by atoms with E-state index in [1.165, 1.54) is 0 Å². The molecular formula is C10H22BNO2. The Kier molecular flexibility index (Phi) is 4.85. The van der Waals surface area contributed by atoms with E-state index < -0.39 is 11.2 Å². The molecule has 0 unspecified atom stereocenters. The van der Waals surface area contributed by atoms with Crippen LogP contribution >= 0.6 is 0 Å². The van der Waals surface area contributed by atoms with Gasteiger partial charge in [0.2, 0.25) is 0 Å². The smallest absolute Gasteiger partial charge is 0.133 e. The lowest BCUT2D eigenvalue weighted by atomic mass is 9.90. The summed E-state index contributed by atoms with van der Waals surface area (Å²) in [5, 5.41) is 9.77. The molecule has 0 saturated carbocycles. The molecule has 0 spiro atoms. The second-order valence-electron chi connectivity index (χ2n) is 4.77. The van der Waals surface area contributed by atoms with E-state index in [9.17, 15) is 5.11 Å². The van der Waals surface area contributed by atoms with Crippen LogP contribution in [0.25, 0.3) is 0 Å². The predicted octanol–water partition coefficient (Wildman–Crippen LogP) is 0.594. The maximum absolute atomic E-state index is 9.77. The van der Waals surface area contributed by atoms with Gasteiger partial charge in [0.15, 0.2) is 0 Å². The van der Waals surface area contributed by atoms with Gasteiger partial charge < -0.3 is 5.11 Å². The van der Waals surface area contributed by atoms with Crippen LogP contribution in [0.5, 0.6) is 0 Å². The number of aliphatic hydroxyl groups is 1. The first kappa shape index (κ1) is 13.7. The van der Waals surface area contributed by atoms with E-state index in [0.717, 1.165) is 18.4 Å². The quantitative estimate of drug-likeness (QED) is 0.374. The molecule has 0 atom stereocenters. The topological polar surface area (TPSA) is 41.5 Å². The van der Waals surface area contributed by atoms with Gasteiger partial charge in [-0.25, -0.2) is 5.48 Å². The van der Waals surface area contributed by atoms with Crippen LogP contribution in [0.2, 0.25) is 0 Å². The van der Waals surface area contributed by atoms with Crippen molar-refractivity contribution in [2.75, 3.05) is 6.54 Å². The normalized spacial score (nSPS) is 12.9. The van der Waals surface area contributed by atoms with Crippen LogP contribution in [0.1, 0.15) is 34.1 Å². The summed E-state index contributed by atoms with van der Waals surface area (Å²) in [4.78, 5) is 5.40. The zero-order valence-corrected chi connectivity index (χ0v) is 9.98. The maximum atomic E-state index is 9.77. The van der Waals surface area contributed by atoms with Crippen molar-refractivity contribution in [3.63, 3.8) is 0 Å². The Morgan fingerprint density at radius 2 is 1.93 bits per heavy atom. The third kappa shape index (κ3) is 4.79. The second-order valence-corrected chi connectivity index (χ2v) is 4.77. The standard InChI is InChI=1S/C10H22BNO2/c1-8(11)6-7-12-14-10(4,5)9(2,3)13/h12-13H,1,6-7,11H2,2-5H3. The molecule has 0 bridgehead atoms. The van der Waals surface area contributed by atoms with Gasteiger partial charge >= 0.3 is 0 Å². The van der Waals surface area contributed by atoms with E-state index in [4.69, 9.17) is 4.84 Å². The molecule has 2 N–H and O–H groups in total. The molecule has 82 valence electrons. The second kappa shape index (κ2) is 4.96. The Labute approximate surface area is 87.9 Å². The number of hydrogen-bond acceptors (Lipinski definition) is 3. The molecule has 0 fully saturated rings. The zero-order chi connectivity index (χ0) is 11.4. The summed E-state index contributed by atoms with van der Waals surface area (Å²) in [5.74, 6) is 0. The number of rotatable bonds is 6. The summed E-state index contributed by atoms with van der Waals surface area (Å²) in [6, 6.07) is 0. The van der Waals surface area contributed by atoms with Crippen LogP contribution < -0.4 is 5.48 Å². The summed E-state index contributed by atoms with van der Waals surface area (Å²) in [6.45, 7) is 11.7. The third-order valence-corrected chi connectivity index (χ3v) is 2.45. The first-order valence-electron chi connectivity index (χ1n) is 4.94. The monoisotopic (exact) mass is 199 g/mol. The van der Waals surface area contributed by atoms with Crippen LogP contribution in [0.4, 0.5) is 0 Å². The van der Waals surface area contributed by atoms with Gasteiger partial charge in [0.1, 0.15) is 13.4 Å². The van der Waals surface area contributed by atoms with Crippen molar-refractivity contribution in [2.45, 2.75) is 45.3 Å². The van der Waals surface area contributed by atoms with Crippen LogP contribution in [-0.4, -0.2) is 30.7 Å². The van der Waals surface area contributed by atoms with E-state index in [1.807, 2.05) is 21.7 Å². The highest BCUT2D eigenvalue weighted by Gasteiger charge is 2.36. The Bertz CT molecular complexity index is 197. The number of hydrogen-bond donors (Lipinski definition) is 2. The molecule has 0 aliphatic carbocycles. The lowest BCUT2D eigenvalue weighted by Crippen LogP contribution is -2.50. The Morgan fingerprint density at radius 1 is 1.43 bits per heavy atom. The van der Waals surface area contributed by atoms with E-state index in [2.05, 4.69) is 12.1 Å². The lowest BCUT2D eigenvalue weighted by Gasteiger charge is -2.36. The van der Waals surface area contributed by atoms with Crippen molar-refractivity contribution in [3.8, 4) is 0 Å². The summed E-state index contributed by atoms with van der Waals surface area (Å²) in [6.07, 6.45) is 0.877. The fourth-order valence-electron chi connectivity index (χ4n) is 0.621. The molecule has 0 saturated heterocycles. The molecule has 0 aromatic rings. The largest absolute Gasteiger partial charge is 0.387 e. The molecule has 0 aliphatic rings. The Balaban J connectivity index is 3.83. The highest BCUT2D eigenvalue weighted by atomic mass is 16.7. The van der Waals surface area contributed by atoms with Crippen LogP contribution in [0, 0.1) is 0 Å². The van der Waals surface area contributed by atoms with Crippen molar-refractivity contribution in [3.05, 3.63) is 12.1 Å². The van der Waals surface area contributed by atoms with Crippen molar-refractivity contribution in [1.29, 1.82) is 0 Å². The van der Waals surface area contributed by atoms with E-state index in [0.29, 0.717) is 0 Å². The first-order chi connectivity index (χ1) is 6.17. The molecule has 0 aliphatic heterocycles. The summed E-state index contributed by atoms with van der Waals surface area (Å²) in [7, 11) is 1.98. The molecule has 0 amide bonds. The molecule has 0 radical (unpaired) electrons. The highest BCUT2D eigenvalue weighted by Crippen LogP contribution is 2.23. The third-order valence-electron chi connectivity index (χ3n) is 2.45. The van der Waals surface area contributed by atoms with Gasteiger partial charge in [-0.15, -0.1) is 12.1 Å². The van der Waals surface area contributed by atoms with Gasteiger partial charge in [-0.05, 0) is 34.1 Å². The minimum absolute atomic E-state index is 0.609. The maximum Gasteiger partial charge on any atom is 0.133 e. The molecule has 0 aromatic heterocycles. The summed E-state index contributed by atoms with van der Waals surface area (Å²) >= 11 is 0. The number of hydroxylamine groups is 1. The summed E-state index contributed by atoms with van der Waals surface area (Å²) < 4.78 is 0. The molecule has 0 rings (SSSR count). The summed E-state index contributed by atoms with van der Waals surface area (Å²) in [5.41, 5.74) is 2.47. The van der Waals surface area contributed by atoms with Gasteiger partial charge in [0, 0.05) is 6.54 Å². The first-order valence-corrected chi connectivity index (χ1v) is 4.94. The average Bonchev–Trinajstić information content (AvgIpc) is 1.95. The van der Waals surface area contributed by atoms with Crippen LogP contribution in [0.3, 0.4) is 0 Å². The minimum Gasteiger partial charge on any atom is -0.387 e. The Hall–Kier alpha value is -0.315. The molecule has 3 nitrogen and oxygen atoms in total. The van der Waals surface area contributed by atoms with E-state index in [1.54, 1.807) is 13.8 Å². The van der Waals surface area contributed by atoms with Gasteiger partial charge in [-0.1, -0.05) is 0 Å². The van der Waals surface area contributed by atoms with Crippen molar-refractivity contribution >= 4 is 7.85 Å². The molecule has 14 heavy (non-hydrogen) atoms.